The van der Waals surface area contributed by atoms with Crippen molar-refractivity contribution in [3.63, 3.8) is 0 Å². The summed E-state index contributed by atoms with van der Waals surface area (Å²) in [7, 11) is 1.68. The Morgan fingerprint density at radius 1 is 0.933 bits per heavy atom. The van der Waals surface area contributed by atoms with Crippen molar-refractivity contribution in [2.75, 3.05) is 7.05 Å². The van der Waals surface area contributed by atoms with E-state index in [0.717, 1.165) is 11.3 Å². The predicted octanol–water partition coefficient (Wildman–Crippen LogP) is 4.22. The molecule has 4 aromatic rings. The summed E-state index contributed by atoms with van der Waals surface area (Å²) < 4.78 is 1.67. The SMILES string of the molecule is CN(Cc1ccccc1)C(=O)c1cc(-c2ccnn2-c2ccccc2)c(O)cc1O. The smallest absolute Gasteiger partial charge is 0.257 e. The minimum atomic E-state index is -0.344. The number of carbonyl (C=O) groups excluding carboxylic acids is 1. The van der Waals surface area contributed by atoms with Gasteiger partial charge in [0.05, 0.1) is 23.1 Å². The minimum Gasteiger partial charge on any atom is -0.507 e. The standard InChI is InChI=1S/C24H21N3O3/c1-26(16-17-8-4-2-5-9-17)24(30)20-14-19(22(28)15-23(20)29)21-12-13-25-27(21)18-10-6-3-7-11-18/h2-15,28-29H,16H2,1H3. The van der Waals surface area contributed by atoms with Gasteiger partial charge in [0.1, 0.15) is 11.5 Å². The van der Waals surface area contributed by atoms with Crippen LogP contribution in [-0.4, -0.2) is 37.8 Å². The molecule has 2 N–H and O–H groups in total. The van der Waals surface area contributed by atoms with Gasteiger partial charge in [-0.05, 0) is 29.8 Å². The second kappa shape index (κ2) is 8.13. The molecule has 0 spiro atoms. The van der Waals surface area contributed by atoms with Crippen molar-refractivity contribution in [3.05, 3.63) is 96.2 Å². The molecule has 0 atom stereocenters. The molecule has 1 amide bonds. The second-order valence-corrected chi connectivity index (χ2v) is 7.00. The van der Waals surface area contributed by atoms with Gasteiger partial charge in [0.2, 0.25) is 0 Å². The summed E-state index contributed by atoms with van der Waals surface area (Å²) in [5.41, 5.74) is 2.93. The molecule has 1 aromatic heterocycles. The molecule has 30 heavy (non-hydrogen) atoms. The van der Waals surface area contributed by atoms with E-state index in [1.165, 1.54) is 17.0 Å². The highest BCUT2D eigenvalue weighted by Gasteiger charge is 2.21. The molecule has 0 aliphatic carbocycles. The molecule has 4 rings (SSSR count). The Balaban J connectivity index is 1.70. The molecule has 0 unspecified atom stereocenters. The van der Waals surface area contributed by atoms with Crippen LogP contribution in [0.5, 0.6) is 11.5 Å². The van der Waals surface area contributed by atoms with Gasteiger partial charge in [-0.1, -0.05) is 48.5 Å². The van der Waals surface area contributed by atoms with Crippen molar-refractivity contribution in [1.82, 2.24) is 14.7 Å². The number of rotatable bonds is 5. The predicted molar refractivity (Wildman–Crippen MR) is 115 cm³/mol. The lowest BCUT2D eigenvalue weighted by Gasteiger charge is -2.19. The number of amides is 1. The van der Waals surface area contributed by atoms with E-state index in [2.05, 4.69) is 5.10 Å². The zero-order valence-electron chi connectivity index (χ0n) is 16.4. The van der Waals surface area contributed by atoms with Crippen LogP contribution in [0.4, 0.5) is 0 Å². The zero-order chi connectivity index (χ0) is 21.1. The number of aromatic nitrogens is 2. The third-order valence-corrected chi connectivity index (χ3v) is 4.87. The number of hydrogen-bond donors (Lipinski definition) is 2. The fourth-order valence-electron chi connectivity index (χ4n) is 3.37. The van der Waals surface area contributed by atoms with Crippen molar-refractivity contribution in [2.24, 2.45) is 0 Å². The number of phenolic OH excluding ortho intramolecular Hbond substituents is 2. The van der Waals surface area contributed by atoms with Crippen LogP contribution in [0.2, 0.25) is 0 Å². The summed E-state index contributed by atoms with van der Waals surface area (Å²) >= 11 is 0. The van der Waals surface area contributed by atoms with E-state index in [9.17, 15) is 15.0 Å². The Bertz CT molecular complexity index is 1170. The Morgan fingerprint density at radius 3 is 2.30 bits per heavy atom. The lowest BCUT2D eigenvalue weighted by molar-refractivity contribution is 0.0782. The van der Waals surface area contributed by atoms with Crippen LogP contribution >= 0.6 is 0 Å². The van der Waals surface area contributed by atoms with Gasteiger partial charge in [-0.25, -0.2) is 4.68 Å². The number of para-hydroxylation sites is 1. The van der Waals surface area contributed by atoms with Gasteiger partial charge in [0.15, 0.2) is 0 Å². The van der Waals surface area contributed by atoms with Gasteiger partial charge >= 0.3 is 0 Å². The average Bonchev–Trinajstić information content (AvgIpc) is 3.24. The first-order valence-corrected chi connectivity index (χ1v) is 9.50. The van der Waals surface area contributed by atoms with Crippen LogP contribution in [0.3, 0.4) is 0 Å². The lowest BCUT2D eigenvalue weighted by atomic mass is 10.0. The number of carbonyl (C=O) groups is 1. The van der Waals surface area contributed by atoms with Crippen molar-refractivity contribution >= 4 is 5.91 Å². The summed E-state index contributed by atoms with van der Waals surface area (Å²) in [6.45, 7) is 0.400. The minimum absolute atomic E-state index is 0.113. The van der Waals surface area contributed by atoms with E-state index in [-0.39, 0.29) is 23.0 Å². The zero-order valence-corrected chi connectivity index (χ0v) is 16.4. The van der Waals surface area contributed by atoms with Gasteiger partial charge in [-0.2, -0.15) is 5.10 Å². The van der Waals surface area contributed by atoms with E-state index in [1.807, 2.05) is 60.7 Å². The lowest BCUT2D eigenvalue weighted by Crippen LogP contribution is -2.26. The Hall–Kier alpha value is -4.06. The largest absolute Gasteiger partial charge is 0.507 e. The summed E-state index contributed by atoms with van der Waals surface area (Å²) in [6.07, 6.45) is 1.62. The second-order valence-electron chi connectivity index (χ2n) is 7.00. The highest BCUT2D eigenvalue weighted by molar-refractivity contribution is 5.98. The van der Waals surface area contributed by atoms with Crippen molar-refractivity contribution < 1.29 is 15.0 Å². The van der Waals surface area contributed by atoms with Gasteiger partial charge in [0.25, 0.3) is 5.91 Å². The average molecular weight is 399 g/mol. The summed E-state index contributed by atoms with van der Waals surface area (Å²) in [4.78, 5) is 14.5. The molecule has 0 saturated carbocycles. The van der Waals surface area contributed by atoms with E-state index < -0.39 is 0 Å². The number of nitrogens with zero attached hydrogens (tertiary/aromatic N) is 3. The number of hydrogen-bond acceptors (Lipinski definition) is 4. The Kier molecular flexibility index (Phi) is 5.22. The molecule has 1 heterocycles. The third-order valence-electron chi connectivity index (χ3n) is 4.87. The van der Waals surface area contributed by atoms with Crippen molar-refractivity contribution in [3.8, 4) is 28.4 Å². The number of phenols is 2. The molecular formula is C24H21N3O3. The fraction of sp³-hybridized carbons (Fsp3) is 0.0833. The maximum Gasteiger partial charge on any atom is 0.257 e. The first-order valence-electron chi connectivity index (χ1n) is 9.50. The first-order chi connectivity index (χ1) is 14.5. The summed E-state index contributed by atoms with van der Waals surface area (Å²) in [5.74, 6) is -0.747. The van der Waals surface area contributed by atoms with Crippen LogP contribution in [0.1, 0.15) is 15.9 Å². The molecule has 0 bridgehead atoms. The molecule has 0 saturated heterocycles. The first kappa shape index (κ1) is 19.3. The van der Waals surface area contributed by atoms with Crippen LogP contribution in [0.25, 0.3) is 16.9 Å². The maximum absolute atomic E-state index is 13.0. The molecule has 6 nitrogen and oxygen atoms in total. The fourth-order valence-corrected chi connectivity index (χ4v) is 3.37. The molecule has 0 fully saturated rings. The normalized spacial score (nSPS) is 10.7. The monoisotopic (exact) mass is 399 g/mol. The van der Waals surface area contributed by atoms with Crippen LogP contribution in [-0.2, 0) is 6.54 Å². The topological polar surface area (TPSA) is 78.6 Å². The molecular weight excluding hydrogens is 378 g/mol. The quantitative estimate of drug-likeness (QED) is 0.527. The number of aromatic hydroxyl groups is 2. The maximum atomic E-state index is 13.0. The summed E-state index contributed by atoms with van der Waals surface area (Å²) in [6, 6.07) is 23.5. The molecule has 3 aromatic carbocycles. The molecule has 150 valence electrons. The molecule has 0 aliphatic rings. The van der Waals surface area contributed by atoms with Crippen LogP contribution < -0.4 is 0 Å². The highest BCUT2D eigenvalue weighted by Crippen LogP contribution is 2.36. The Labute approximate surface area is 174 Å². The Morgan fingerprint density at radius 2 is 1.60 bits per heavy atom. The molecule has 0 aliphatic heterocycles. The van der Waals surface area contributed by atoms with E-state index >= 15 is 0 Å². The van der Waals surface area contributed by atoms with Crippen molar-refractivity contribution in [1.29, 1.82) is 0 Å². The van der Waals surface area contributed by atoms with Gasteiger partial charge in [0, 0.05) is 25.2 Å². The van der Waals surface area contributed by atoms with Crippen LogP contribution in [0, 0.1) is 0 Å². The van der Waals surface area contributed by atoms with Gasteiger partial charge in [-0.3, -0.25) is 4.79 Å². The highest BCUT2D eigenvalue weighted by atomic mass is 16.3. The van der Waals surface area contributed by atoms with E-state index in [4.69, 9.17) is 0 Å². The van der Waals surface area contributed by atoms with Crippen LogP contribution in [0.15, 0.2) is 85.1 Å². The summed E-state index contributed by atoms with van der Waals surface area (Å²) in [5, 5.41) is 25.2. The molecule has 0 radical (unpaired) electrons. The van der Waals surface area contributed by atoms with Crippen molar-refractivity contribution in [2.45, 2.75) is 6.54 Å². The number of benzene rings is 3. The van der Waals surface area contributed by atoms with E-state index in [1.54, 1.807) is 24.0 Å². The van der Waals surface area contributed by atoms with Gasteiger partial charge < -0.3 is 15.1 Å². The van der Waals surface area contributed by atoms with Gasteiger partial charge in [-0.15, -0.1) is 0 Å². The molecule has 6 heteroatoms. The third kappa shape index (κ3) is 3.75. The van der Waals surface area contributed by atoms with E-state index in [0.29, 0.717) is 17.8 Å².